The highest BCUT2D eigenvalue weighted by atomic mass is 16.7. The zero-order valence-electron chi connectivity index (χ0n) is 5.44. The minimum atomic E-state index is -0.264. The summed E-state index contributed by atoms with van der Waals surface area (Å²) in [5.74, 6) is -0.264. The predicted octanol–water partition coefficient (Wildman–Crippen LogP) is 1.16. The second-order valence-corrected chi connectivity index (χ2v) is 2.29. The average molecular weight is 116 g/mol. The smallest absolute Gasteiger partial charge is 0.165 e. The van der Waals surface area contributed by atoms with Crippen molar-refractivity contribution in [2.24, 2.45) is 0 Å². The van der Waals surface area contributed by atoms with Crippen molar-refractivity contribution in [3.63, 3.8) is 0 Å². The lowest BCUT2D eigenvalue weighted by atomic mass is 10.2. The first-order chi connectivity index (χ1) is 3.77. The Kier molecular flexibility index (Phi) is 1.54. The number of methoxy groups -OCH3 is 1. The first-order valence-electron chi connectivity index (χ1n) is 2.96. The Bertz CT molecular complexity index is 74.6. The van der Waals surface area contributed by atoms with Crippen LogP contribution >= 0.6 is 0 Å². The molecule has 1 unspecified atom stereocenters. The van der Waals surface area contributed by atoms with Gasteiger partial charge in [-0.3, -0.25) is 0 Å². The van der Waals surface area contributed by atoms with E-state index in [1.165, 1.54) is 0 Å². The Morgan fingerprint density at radius 2 is 2.38 bits per heavy atom. The van der Waals surface area contributed by atoms with Crippen molar-refractivity contribution in [3.05, 3.63) is 0 Å². The molecular formula is C6H12O2. The molecule has 0 bridgehead atoms. The van der Waals surface area contributed by atoms with E-state index in [0.717, 1.165) is 19.4 Å². The van der Waals surface area contributed by atoms with E-state index in [2.05, 4.69) is 0 Å². The second-order valence-electron chi connectivity index (χ2n) is 2.29. The maximum absolute atomic E-state index is 5.27. The van der Waals surface area contributed by atoms with Crippen molar-refractivity contribution in [1.29, 1.82) is 0 Å². The molecule has 1 saturated heterocycles. The van der Waals surface area contributed by atoms with Gasteiger partial charge in [0.2, 0.25) is 0 Å². The molecule has 0 N–H and O–H groups in total. The van der Waals surface area contributed by atoms with Gasteiger partial charge in [0.1, 0.15) is 0 Å². The van der Waals surface area contributed by atoms with E-state index >= 15 is 0 Å². The molecule has 0 amide bonds. The minimum Gasteiger partial charge on any atom is -0.353 e. The topological polar surface area (TPSA) is 18.5 Å². The summed E-state index contributed by atoms with van der Waals surface area (Å²) >= 11 is 0. The molecule has 0 saturated carbocycles. The first-order valence-corrected chi connectivity index (χ1v) is 2.96. The van der Waals surface area contributed by atoms with Crippen molar-refractivity contribution in [2.45, 2.75) is 25.6 Å². The molecule has 1 aliphatic heterocycles. The van der Waals surface area contributed by atoms with Crippen LogP contribution in [0, 0.1) is 0 Å². The lowest BCUT2D eigenvalue weighted by molar-refractivity contribution is -0.178. The molecule has 1 aliphatic rings. The molecule has 2 heteroatoms. The summed E-state index contributed by atoms with van der Waals surface area (Å²) in [5, 5.41) is 0. The molecule has 1 heterocycles. The van der Waals surface area contributed by atoms with E-state index < -0.39 is 0 Å². The molecule has 0 radical (unpaired) electrons. The fourth-order valence-electron chi connectivity index (χ4n) is 0.915. The summed E-state index contributed by atoms with van der Waals surface area (Å²) in [7, 11) is 1.69. The Hall–Kier alpha value is -0.0800. The quantitative estimate of drug-likeness (QED) is 0.511. The van der Waals surface area contributed by atoms with Crippen LogP contribution in [0.1, 0.15) is 19.8 Å². The summed E-state index contributed by atoms with van der Waals surface area (Å²) in [4.78, 5) is 0. The number of ether oxygens (including phenoxy) is 2. The molecule has 1 rings (SSSR count). The average Bonchev–Trinajstić information content (AvgIpc) is 2.17. The van der Waals surface area contributed by atoms with E-state index in [1.54, 1.807) is 7.11 Å². The maximum atomic E-state index is 5.27. The van der Waals surface area contributed by atoms with Crippen molar-refractivity contribution in [3.8, 4) is 0 Å². The van der Waals surface area contributed by atoms with Gasteiger partial charge in [-0.15, -0.1) is 0 Å². The Balaban J connectivity index is 2.40. The van der Waals surface area contributed by atoms with Crippen LogP contribution in [0.15, 0.2) is 0 Å². The van der Waals surface area contributed by atoms with E-state index in [4.69, 9.17) is 9.47 Å². The Morgan fingerprint density at radius 1 is 1.62 bits per heavy atom. The van der Waals surface area contributed by atoms with Gasteiger partial charge in [0.05, 0.1) is 6.61 Å². The highest BCUT2D eigenvalue weighted by Gasteiger charge is 2.28. The maximum Gasteiger partial charge on any atom is 0.165 e. The third kappa shape index (κ3) is 1.01. The van der Waals surface area contributed by atoms with Gasteiger partial charge in [-0.1, -0.05) is 0 Å². The van der Waals surface area contributed by atoms with Crippen LogP contribution < -0.4 is 0 Å². The monoisotopic (exact) mass is 116 g/mol. The largest absolute Gasteiger partial charge is 0.353 e. The van der Waals surface area contributed by atoms with Crippen molar-refractivity contribution < 1.29 is 9.47 Å². The Labute approximate surface area is 49.8 Å². The van der Waals surface area contributed by atoms with Gasteiger partial charge in [-0.2, -0.15) is 0 Å². The van der Waals surface area contributed by atoms with Crippen LogP contribution in [0.5, 0.6) is 0 Å². The summed E-state index contributed by atoms with van der Waals surface area (Å²) in [6, 6.07) is 0. The molecule has 0 aromatic heterocycles. The van der Waals surface area contributed by atoms with Gasteiger partial charge in [0.15, 0.2) is 5.79 Å². The van der Waals surface area contributed by atoms with E-state index in [0.29, 0.717) is 0 Å². The van der Waals surface area contributed by atoms with E-state index in [-0.39, 0.29) is 5.79 Å². The molecular weight excluding hydrogens is 104 g/mol. The van der Waals surface area contributed by atoms with Gasteiger partial charge in [0, 0.05) is 13.5 Å². The zero-order valence-corrected chi connectivity index (χ0v) is 5.44. The van der Waals surface area contributed by atoms with Crippen molar-refractivity contribution in [1.82, 2.24) is 0 Å². The second kappa shape index (κ2) is 2.03. The van der Waals surface area contributed by atoms with Crippen LogP contribution in [-0.4, -0.2) is 19.5 Å². The van der Waals surface area contributed by atoms with Crippen LogP contribution in [0.2, 0.25) is 0 Å². The predicted molar refractivity (Wildman–Crippen MR) is 30.6 cm³/mol. The van der Waals surface area contributed by atoms with Crippen molar-refractivity contribution >= 4 is 0 Å². The Morgan fingerprint density at radius 3 is 2.62 bits per heavy atom. The van der Waals surface area contributed by atoms with Crippen LogP contribution in [0.4, 0.5) is 0 Å². The van der Waals surface area contributed by atoms with Gasteiger partial charge in [0.25, 0.3) is 0 Å². The van der Waals surface area contributed by atoms with Crippen LogP contribution in [0.25, 0.3) is 0 Å². The lowest BCUT2D eigenvalue weighted by Crippen LogP contribution is -2.24. The minimum absolute atomic E-state index is 0.264. The zero-order chi connectivity index (χ0) is 6.04. The van der Waals surface area contributed by atoms with Gasteiger partial charge < -0.3 is 9.47 Å². The highest BCUT2D eigenvalue weighted by Crippen LogP contribution is 2.24. The molecule has 48 valence electrons. The summed E-state index contributed by atoms with van der Waals surface area (Å²) in [6.07, 6.45) is 2.16. The van der Waals surface area contributed by atoms with Gasteiger partial charge >= 0.3 is 0 Å². The fourth-order valence-corrected chi connectivity index (χ4v) is 0.915. The standard InChI is InChI=1S/C6H12O2/c1-6(7-2)4-3-5-8-6/h3-5H2,1-2H3. The number of hydrogen-bond donors (Lipinski definition) is 0. The highest BCUT2D eigenvalue weighted by molar-refractivity contribution is 4.67. The third-order valence-corrected chi connectivity index (χ3v) is 1.61. The molecule has 1 fully saturated rings. The molecule has 0 spiro atoms. The van der Waals surface area contributed by atoms with Gasteiger partial charge in [-0.05, 0) is 13.3 Å². The van der Waals surface area contributed by atoms with E-state index in [9.17, 15) is 0 Å². The summed E-state index contributed by atoms with van der Waals surface area (Å²) in [5.41, 5.74) is 0. The SMILES string of the molecule is COC1(C)CCCO1. The number of hydrogen-bond acceptors (Lipinski definition) is 2. The molecule has 1 atom stereocenters. The molecule has 8 heavy (non-hydrogen) atoms. The normalized spacial score (nSPS) is 38.2. The van der Waals surface area contributed by atoms with E-state index in [1.807, 2.05) is 6.92 Å². The molecule has 2 nitrogen and oxygen atoms in total. The van der Waals surface area contributed by atoms with Crippen LogP contribution in [-0.2, 0) is 9.47 Å². The molecule has 0 aromatic rings. The number of rotatable bonds is 1. The summed E-state index contributed by atoms with van der Waals surface area (Å²) < 4.78 is 10.3. The molecule has 0 aromatic carbocycles. The first kappa shape index (κ1) is 6.05. The van der Waals surface area contributed by atoms with Crippen molar-refractivity contribution in [2.75, 3.05) is 13.7 Å². The van der Waals surface area contributed by atoms with Gasteiger partial charge in [-0.25, -0.2) is 0 Å². The molecule has 0 aliphatic carbocycles. The summed E-state index contributed by atoms with van der Waals surface area (Å²) in [6.45, 7) is 2.82. The fraction of sp³-hybridized carbons (Fsp3) is 1.00. The lowest BCUT2D eigenvalue weighted by Gasteiger charge is -2.19. The third-order valence-electron chi connectivity index (χ3n) is 1.61. The van der Waals surface area contributed by atoms with Crippen LogP contribution in [0.3, 0.4) is 0 Å².